The van der Waals surface area contributed by atoms with Gasteiger partial charge in [0.25, 0.3) is 0 Å². The van der Waals surface area contributed by atoms with E-state index in [4.69, 9.17) is 9.47 Å². The van der Waals surface area contributed by atoms with E-state index in [9.17, 15) is 13.2 Å². The molecule has 0 aliphatic carbocycles. The van der Waals surface area contributed by atoms with Crippen molar-refractivity contribution < 1.29 is 22.7 Å². The Morgan fingerprint density at radius 1 is 1.07 bits per heavy atom. The van der Waals surface area contributed by atoms with E-state index >= 15 is 0 Å². The van der Waals surface area contributed by atoms with Crippen LogP contribution in [0.25, 0.3) is 5.57 Å². The Balaban J connectivity index is 1.13. The van der Waals surface area contributed by atoms with E-state index in [1.165, 1.54) is 17.5 Å². The van der Waals surface area contributed by atoms with Crippen molar-refractivity contribution in [1.29, 1.82) is 0 Å². The quantitative estimate of drug-likeness (QED) is 0.543. The number of sulfone groups is 1. The van der Waals surface area contributed by atoms with E-state index in [0.29, 0.717) is 31.6 Å². The number of rotatable bonds is 3. The van der Waals surface area contributed by atoms with Crippen molar-refractivity contribution in [1.82, 2.24) is 19.8 Å². The molecule has 2 aromatic rings. The Bertz CT molecular complexity index is 1510. The zero-order valence-corrected chi connectivity index (χ0v) is 26.4. The molecule has 1 amide bonds. The second-order valence-corrected chi connectivity index (χ2v) is 15.2. The number of fused-ring (bicyclic) bond motifs is 2. The predicted octanol–water partition coefficient (Wildman–Crippen LogP) is 4.14. The third kappa shape index (κ3) is 6.59. The molecule has 11 nitrogen and oxygen atoms in total. The number of amides is 1. The summed E-state index contributed by atoms with van der Waals surface area (Å²) in [5.41, 5.74) is 4.77. The third-order valence-corrected chi connectivity index (χ3v) is 10.3. The number of carbonyl (C=O) groups excluding carboxylic acids is 1. The summed E-state index contributed by atoms with van der Waals surface area (Å²) in [5, 5.41) is 3.51. The molecule has 2 saturated heterocycles. The summed E-state index contributed by atoms with van der Waals surface area (Å²) in [7, 11) is -3.00. The van der Waals surface area contributed by atoms with Gasteiger partial charge in [-0.25, -0.2) is 23.2 Å². The van der Waals surface area contributed by atoms with Gasteiger partial charge in [0, 0.05) is 45.3 Å². The average molecular weight is 611 g/mol. The van der Waals surface area contributed by atoms with Gasteiger partial charge in [-0.2, -0.15) is 0 Å². The normalized spacial score (nSPS) is 21.1. The van der Waals surface area contributed by atoms with Gasteiger partial charge in [-0.15, -0.1) is 0 Å². The lowest BCUT2D eigenvalue weighted by molar-refractivity contribution is 0.0149. The molecule has 2 fully saturated rings. The highest BCUT2D eigenvalue weighted by molar-refractivity contribution is 7.91. The van der Waals surface area contributed by atoms with Gasteiger partial charge in [0.15, 0.2) is 9.84 Å². The largest absolute Gasteiger partial charge is 0.486 e. The van der Waals surface area contributed by atoms with Crippen LogP contribution in [0.3, 0.4) is 0 Å². The minimum Gasteiger partial charge on any atom is -0.486 e. The smallest absolute Gasteiger partial charge is 0.410 e. The number of nitrogens with one attached hydrogen (secondary N) is 1. The molecule has 1 N–H and O–H groups in total. The standard InChI is InChI=1S/C31H42N6O5S/c1-21-17-23(22-5-9-35(10-6-22)24-7-11-37(12-8-24)30(38)42-31(2,3)4)18-26-27(21)41-19-25-28(34-26)32-20-33-29(25)36-13-15-43(39,40)16-14-36/h5,17-18,20,24H,6-16,19H2,1-4H3,(H,32,33,34). The maximum absolute atomic E-state index is 12.5. The summed E-state index contributed by atoms with van der Waals surface area (Å²) >= 11 is 0. The lowest BCUT2D eigenvalue weighted by Crippen LogP contribution is -2.48. The van der Waals surface area contributed by atoms with Crippen molar-refractivity contribution in [3.05, 3.63) is 41.2 Å². The van der Waals surface area contributed by atoms with E-state index < -0.39 is 15.4 Å². The number of benzene rings is 1. The molecule has 0 spiro atoms. The van der Waals surface area contributed by atoms with E-state index in [1.54, 1.807) is 0 Å². The van der Waals surface area contributed by atoms with E-state index in [1.807, 2.05) is 30.6 Å². The van der Waals surface area contributed by atoms with Crippen molar-refractivity contribution in [2.45, 2.75) is 65.2 Å². The number of piperidine rings is 1. The molecule has 0 bridgehead atoms. The van der Waals surface area contributed by atoms with Gasteiger partial charge in [-0.05, 0) is 75.8 Å². The highest BCUT2D eigenvalue weighted by Gasteiger charge is 2.31. The van der Waals surface area contributed by atoms with Crippen molar-refractivity contribution in [2.24, 2.45) is 0 Å². The van der Waals surface area contributed by atoms with E-state index in [-0.39, 0.29) is 17.6 Å². The van der Waals surface area contributed by atoms with Gasteiger partial charge in [0.2, 0.25) is 0 Å². The van der Waals surface area contributed by atoms with Crippen molar-refractivity contribution in [3.8, 4) is 5.75 Å². The number of carbonyl (C=O) groups is 1. The lowest BCUT2D eigenvalue weighted by atomic mass is 9.94. The summed E-state index contributed by atoms with van der Waals surface area (Å²) in [5.74, 6) is 2.46. The molecule has 1 aromatic heterocycles. The minimum atomic E-state index is -3.00. The lowest BCUT2D eigenvalue weighted by Gasteiger charge is -2.40. The molecule has 0 unspecified atom stereocenters. The molecule has 4 aliphatic heterocycles. The number of nitrogens with zero attached hydrogens (tertiary/aromatic N) is 5. The molecule has 0 saturated carbocycles. The molecule has 6 rings (SSSR count). The summed E-state index contributed by atoms with van der Waals surface area (Å²) in [6.45, 7) is 12.2. The first-order chi connectivity index (χ1) is 20.5. The van der Waals surface area contributed by atoms with Crippen LogP contribution in [-0.2, 0) is 21.2 Å². The minimum absolute atomic E-state index is 0.126. The third-order valence-electron chi connectivity index (χ3n) is 8.70. The fraction of sp³-hybridized carbons (Fsp3) is 0.581. The SMILES string of the molecule is Cc1cc(C2=CCN(C3CCN(C(=O)OC(C)(C)C)CC3)CC2)cc2c1OCc1c(ncnc1N1CCS(=O)(=O)CC1)N2. The van der Waals surface area contributed by atoms with Crippen LogP contribution < -0.4 is 15.0 Å². The van der Waals surface area contributed by atoms with Gasteiger partial charge in [-0.1, -0.05) is 6.08 Å². The van der Waals surface area contributed by atoms with Crippen LogP contribution in [0, 0.1) is 6.92 Å². The van der Waals surface area contributed by atoms with E-state index in [0.717, 1.165) is 73.8 Å². The molecule has 0 atom stereocenters. The maximum Gasteiger partial charge on any atom is 0.410 e. The molecule has 5 heterocycles. The number of aryl methyl sites for hydroxylation is 1. The van der Waals surface area contributed by atoms with Crippen LogP contribution in [0.15, 0.2) is 24.5 Å². The Kier molecular flexibility index (Phi) is 8.01. The zero-order valence-electron chi connectivity index (χ0n) is 25.6. The van der Waals surface area contributed by atoms with Crippen molar-refractivity contribution in [3.63, 3.8) is 0 Å². The molecule has 232 valence electrons. The number of hydrogen-bond donors (Lipinski definition) is 1. The Morgan fingerprint density at radius 2 is 1.81 bits per heavy atom. The Hall–Kier alpha value is -3.38. The predicted molar refractivity (Wildman–Crippen MR) is 167 cm³/mol. The molecule has 1 aromatic carbocycles. The van der Waals surface area contributed by atoms with Crippen LogP contribution in [0.1, 0.15) is 56.7 Å². The first kappa shape index (κ1) is 29.7. The number of likely N-dealkylation sites (tertiary alicyclic amines) is 1. The second kappa shape index (κ2) is 11.6. The molecule has 12 heteroatoms. The monoisotopic (exact) mass is 610 g/mol. The van der Waals surface area contributed by atoms with Crippen LogP contribution in [0.4, 0.5) is 22.1 Å². The van der Waals surface area contributed by atoms with Crippen LogP contribution in [0.5, 0.6) is 5.75 Å². The highest BCUT2D eigenvalue weighted by Crippen LogP contribution is 2.41. The summed E-state index contributed by atoms with van der Waals surface area (Å²) in [6.07, 6.45) is 6.52. The van der Waals surface area contributed by atoms with Gasteiger partial charge < -0.3 is 24.6 Å². The summed E-state index contributed by atoms with van der Waals surface area (Å²) in [4.78, 5) is 27.9. The fourth-order valence-electron chi connectivity index (χ4n) is 6.37. The van der Waals surface area contributed by atoms with Gasteiger partial charge in [0.1, 0.15) is 35.9 Å². The zero-order chi connectivity index (χ0) is 30.4. The van der Waals surface area contributed by atoms with Crippen molar-refractivity contribution in [2.75, 3.05) is 61.0 Å². The average Bonchev–Trinajstić information content (AvgIpc) is 3.16. The van der Waals surface area contributed by atoms with Gasteiger partial charge >= 0.3 is 6.09 Å². The Morgan fingerprint density at radius 3 is 2.49 bits per heavy atom. The van der Waals surface area contributed by atoms with Crippen molar-refractivity contribution >= 4 is 38.8 Å². The first-order valence-corrected chi connectivity index (χ1v) is 17.0. The molecular formula is C31H42N6O5S. The Labute approximate surface area is 254 Å². The maximum atomic E-state index is 12.5. The number of hydrogen-bond acceptors (Lipinski definition) is 10. The summed E-state index contributed by atoms with van der Waals surface area (Å²) < 4.78 is 35.8. The van der Waals surface area contributed by atoms with E-state index in [2.05, 4.69) is 45.3 Å². The number of anilines is 3. The van der Waals surface area contributed by atoms with Crippen LogP contribution in [0.2, 0.25) is 0 Å². The topological polar surface area (TPSA) is 117 Å². The van der Waals surface area contributed by atoms with Gasteiger partial charge in [0.05, 0.1) is 22.8 Å². The second-order valence-electron chi connectivity index (χ2n) is 12.9. The molecule has 4 aliphatic rings. The first-order valence-electron chi connectivity index (χ1n) is 15.2. The van der Waals surface area contributed by atoms with Crippen LogP contribution >= 0.6 is 0 Å². The molecule has 43 heavy (non-hydrogen) atoms. The molecule has 0 radical (unpaired) electrons. The highest BCUT2D eigenvalue weighted by atomic mass is 32.2. The number of aromatic nitrogens is 2. The fourth-order valence-corrected chi connectivity index (χ4v) is 7.58. The summed E-state index contributed by atoms with van der Waals surface area (Å²) in [6, 6.07) is 4.80. The number of ether oxygens (including phenoxy) is 2. The molecular weight excluding hydrogens is 568 g/mol. The van der Waals surface area contributed by atoms with Gasteiger partial charge in [-0.3, -0.25) is 4.90 Å². The van der Waals surface area contributed by atoms with Crippen LogP contribution in [-0.4, -0.2) is 96.7 Å².